The van der Waals surface area contributed by atoms with Gasteiger partial charge in [0.25, 0.3) is 0 Å². The van der Waals surface area contributed by atoms with E-state index in [2.05, 4.69) is 21.0 Å². The van der Waals surface area contributed by atoms with Gasteiger partial charge in [0.15, 0.2) is 5.78 Å². The topological polar surface area (TPSA) is 34.9 Å². The molecule has 1 heterocycles. The van der Waals surface area contributed by atoms with Gasteiger partial charge in [-0.3, -0.25) is 9.48 Å². The second-order valence-corrected chi connectivity index (χ2v) is 4.55. The first-order valence-corrected chi connectivity index (χ1v) is 5.82. The minimum Gasteiger partial charge on any atom is -0.292 e. The number of carbonyl (C=O) groups is 1. The van der Waals surface area contributed by atoms with Gasteiger partial charge in [-0.05, 0) is 33.6 Å². The summed E-state index contributed by atoms with van der Waals surface area (Å²) in [4.78, 5) is 12.0. The van der Waals surface area contributed by atoms with Crippen LogP contribution in [0.15, 0.2) is 34.9 Å². The fraction of sp³-hybridized carbons (Fsp3) is 0.167. The van der Waals surface area contributed by atoms with Gasteiger partial charge in [0.1, 0.15) is 11.5 Å². The van der Waals surface area contributed by atoms with E-state index in [0.29, 0.717) is 10.2 Å². The Morgan fingerprint density at radius 3 is 2.59 bits per heavy atom. The minimum absolute atomic E-state index is 0.0523. The first-order chi connectivity index (χ1) is 8.08. The molecule has 1 aromatic carbocycles. The maximum absolute atomic E-state index is 12.7. The van der Waals surface area contributed by atoms with E-state index in [1.807, 2.05) is 0 Å². The molecule has 0 radical (unpaired) electrons. The molecule has 0 unspecified atom stereocenters. The van der Waals surface area contributed by atoms with Crippen molar-refractivity contribution >= 4 is 21.7 Å². The third-order valence-electron chi connectivity index (χ3n) is 2.44. The lowest BCUT2D eigenvalue weighted by Crippen LogP contribution is -2.10. The van der Waals surface area contributed by atoms with Crippen LogP contribution in [0.5, 0.6) is 0 Å². The predicted octanol–water partition coefficient (Wildman–Crippen LogP) is 2.75. The normalized spacial score (nSPS) is 10.5. The monoisotopic (exact) mass is 296 g/mol. The van der Waals surface area contributed by atoms with Crippen LogP contribution in [-0.4, -0.2) is 15.6 Å². The quantitative estimate of drug-likeness (QED) is 0.817. The second-order valence-electron chi connectivity index (χ2n) is 3.69. The molecular formula is C12H10BrFN2O. The van der Waals surface area contributed by atoms with Gasteiger partial charge in [-0.1, -0.05) is 12.1 Å². The first-order valence-electron chi connectivity index (χ1n) is 5.03. The SMILES string of the molecule is Cn1ncc(Br)c1C(=O)Cc1ccc(F)cc1. The molecule has 0 atom stereocenters. The van der Waals surface area contributed by atoms with Crippen molar-refractivity contribution in [2.75, 3.05) is 0 Å². The molecule has 0 fully saturated rings. The average Bonchev–Trinajstić information content (AvgIpc) is 2.62. The van der Waals surface area contributed by atoms with Gasteiger partial charge in [-0.2, -0.15) is 5.10 Å². The highest BCUT2D eigenvalue weighted by Gasteiger charge is 2.15. The number of aryl methyl sites for hydroxylation is 1. The zero-order valence-corrected chi connectivity index (χ0v) is 10.7. The third kappa shape index (κ3) is 2.61. The van der Waals surface area contributed by atoms with E-state index in [1.54, 1.807) is 25.4 Å². The zero-order valence-electron chi connectivity index (χ0n) is 9.15. The van der Waals surface area contributed by atoms with E-state index in [0.717, 1.165) is 5.56 Å². The average molecular weight is 297 g/mol. The maximum atomic E-state index is 12.7. The molecule has 0 saturated heterocycles. The summed E-state index contributed by atoms with van der Waals surface area (Å²) in [7, 11) is 1.71. The number of halogens is 2. The smallest absolute Gasteiger partial charge is 0.186 e. The summed E-state index contributed by atoms with van der Waals surface area (Å²) in [5, 5.41) is 3.98. The van der Waals surface area contributed by atoms with Crippen LogP contribution in [0.1, 0.15) is 16.1 Å². The molecule has 3 nitrogen and oxygen atoms in total. The summed E-state index contributed by atoms with van der Waals surface area (Å²) in [5.74, 6) is -0.355. The Labute approximate surface area is 106 Å². The molecule has 0 saturated carbocycles. The van der Waals surface area contributed by atoms with Crippen molar-refractivity contribution in [1.82, 2.24) is 9.78 Å². The van der Waals surface area contributed by atoms with Crippen LogP contribution >= 0.6 is 15.9 Å². The second kappa shape index (κ2) is 4.79. The van der Waals surface area contributed by atoms with Gasteiger partial charge in [-0.25, -0.2) is 4.39 Å². The molecule has 0 N–H and O–H groups in total. The van der Waals surface area contributed by atoms with Crippen molar-refractivity contribution in [3.8, 4) is 0 Å². The largest absolute Gasteiger partial charge is 0.292 e. The fourth-order valence-electron chi connectivity index (χ4n) is 1.60. The lowest BCUT2D eigenvalue weighted by Gasteiger charge is -2.03. The summed E-state index contributed by atoms with van der Waals surface area (Å²) in [5.41, 5.74) is 1.30. The Balaban J connectivity index is 2.20. The van der Waals surface area contributed by atoms with Crippen LogP contribution in [0.2, 0.25) is 0 Å². The van der Waals surface area contributed by atoms with E-state index in [9.17, 15) is 9.18 Å². The lowest BCUT2D eigenvalue weighted by molar-refractivity contribution is 0.0983. The van der Waals surface area contributed by atoms with E-state index in [-0.39, 0.29) is 18.0 Å². The summed E-state index contributed by atoms with van der Waals surface area (Å²) in [6, 6.07) is 5.91. The van der Waals surface area contributed by atoms with Crippen LogP contribution in [0.25, 0.3) is 0 Å². The van der Waals surface area contributed by atoms with Gasteiger partial charge in [0.05, 0.1) is 10.7 Å². The number of ketones is 1. The molecule has 2 aromatic rings. The highest BCUT2D eigenvalue weighted by molar-refractivity contribution is 9.10. The van der Waals surface area contributed by atoms with Crippen molar-refractivity contribution in [2.45, 2.75) is 6.42 Å². The third-order valence-corrected chi connectivity index (χ3v) is 3.02. The van der Waals surface area contributed by atoms with Gasteiger partial charge in [-0.15, -0.1) is 0 Å². The summed E-state index contributed by atoms with van der Waals surface area (Å²) in [6.45, 7) is 0. The number of carbonyl (C=O) groups excluding carboxylic acids is 1. The van der Waals surface area contributed by atoms with Crippen LogP contribution in [-0.2, 0) is 13.5 Å². The molecule has 5 heteroatoms. The fourth-order valence-corrected chi connectivity index (χ4v) is 2.17. The van der Waals surface area contributed by atoms with Gasteiger partial charge >= 0.3 is 0 Å². The van der Waals surface area contributed by atoms with Gasteiger partial charge in [0.2, 0.25) is 0 Å². The molecule has 2 rings (SSSR count). The van der Waals surface area contributed by atoms with Gasteiger partial charge < -0.3 is 0 Å². The van der Waals surface area contributed by atoms with E-state index in [1.165, 1.54) is 16.8 Å². The molecule has 17 heavy (non-hydrogen) atoms. The van der Waals surface area contributed by atoms with E-state index in [4.69, 9.17) is 0 Å². The Morgan fingerprint density at radius 2 is 2.06 bits per heavy atom. The van der Waals surface area contributed by atoms with Gasteiger partial charge in [0, 0.05) is 13.5 Å². The molecule has 0 amide bonds. The molecule has 0 spiro atoms. The number of aromatic nitrogens is 2. The Hall–Kier alpha value is -1.49. The number of Topliss-reactive ketones (excluding diaryl/α,β-unsaturated/α-hetero) is 1. The molecule has 0 aliphatic rings. The number of nitrogens with zero attached hydrogens (tertiary/aromatic N) is 2. The molecule has 0 bridgehead atoms. The summed E-state index contributed by atoms with van der Waals surface area (Å²) < 4.78 is 14.9. The Bertz CT molecular complexity index is 529. The Kier molecular flexibility index (Phi) is 3.38. The number of rotatable bonds is 3. The Morgan fingerprint density at radius 1 is 1.41 bits per heavy atom. The van der Waals surface area contributed by atoms with Crippen molar-refractivity contribution in [2.24, 2.45) is 7.05 Å². The molecule has 88 valence electrons. The number of hydrogen-bond acceptors (Lipinski definition) is 2. The summed E-state index contributed by atoms with van der Waals surface area (Å²) in [6.07, 6.45) is 1.82. The van der Waals surface area contributed by atoms with Crippen LogP contribution < -0.4 is 0 Å². The molecule has 1 aromatic heterocycles. The number of hydrogen-bond donors (Lipinski definition) is 0. The lowest BCUT2D eigenvalue weighted by atomic mass is 10.1. The van der Waals surface area contributed by atoms with E-state index < -0.39 is 0 Å². The summed E-state index contributed by atoms with van der Waals surface area (Å²) >= 11 is 3.28. The highest BCUT2D eigenvalue weighted by Crippen LogP contribution is 2.17. The zero-order chi connectivity index (χ0) is 12.4. The van der Waals surface area contributed by atoms with Crippen LogP contribution in [0.4, 0.5) is 4.39 Å². The maximum Gasteiger partial charge on any atom is 0.186 e. The predicted molar refractivity (Wildman–Crippen MR) is 65.3 cm³/mol. The number of benzene rings is 1. The van der Waals surface area contributed by atoms with Crippen LogP contribution in [0, 0.1) is 5.82 Å². The van der Waals surface area contributed by atoms with E-state index >= 15 is 0 Å². The van der Waals surface area contributed by atoms with Crippen molar-refractivity contribution in [3.63, 3.8) is 0 Å². The molecule has 0 aliphatic carbocycles. The van der Waals surface area contributed by atoms with Crippen molar-refractivity contribution in [3.05, 3.63) is 52.0 Å². The highest BCUT2D eigenvalue weighted by atomic mass is 79.9. The van der Waals surface area contributed by atoms with Crippen molar-refractivity contribution in [1.29, 1.82) is 0 Å². The first kappa shape index (κ1) is 12.0. The van der Waals surface area contributed by atoms with Crippen LogP contribution in [0.3, 0.4) is 0 Å². The molecule has 0 aliphatic heterocycles. The molecular weight excluding hydrogens is 287 g/mol. The standard InChI is InChI=1S/C12H10BrFN2O/c1-16-12(10(13)7-15-16)11(17)6-8-2-4-9(14)5-3-8/h2-5,7H,6H2,1H3. The minimum atomic E-state index is -0.303. The van der Waals surface area contributed by atoms with Crippen molar-refractivity contribution < 1.29 is 9.18 Å².